The van der Waals surface area contributed by atoms with Crippen molar-refractivity contribution in [3.05, 3.63) is 0 Å². The first-order chi connectivity index (χ1) is 1.73. The van der Waals surface area contributed by atoms with Gasteiger partial charge in [-0.25, -0.2) is 0 Å². The maximum atomic E-state index is 8.74. The molecule has 0 saturated carbocycles. The Morgan fingerprint density at radius 3 is 1.50 bits per heavy atom. The van der Waals surface area contributed by atoms with Gasteiger partial charge in [-0.15, -0.1) is 0 Å². The van der Waals surface area contributed by atoms with E-state index < -0.39 is 9.17 Å². The fraction of sp³-hybridized carbons (Fsp3) is 0. The van der Waals surface area contributed by atoms with Gasteiger partial charge in [0.2, 0.25) is 0 Å². The van der Waals surface area contributed by atoms with Gasteiger partial charge in [-0.3, -0.25) is 4.46 Å². The van der Waals surface area contributed by atoms with E-state index in [2.05, 4.69) is 0 Å². The molecule has 0 heterocycles. The molecule has 0 bridgehead atoms. The summed E-state index contributed by atoms with van der Waals surface area (Å²) < 4.78 is 8.74. The molecule has 0 aliphatic carbocycles. The van der Waals surface area contributed by atoms with Crippen LogP contribution in [-0.4, -0.2) is 67.6 Å². The molecule has 0 aliphatic heterocycles. The number of rotatable bonds is 0. The quantitative estimate of drug-likeness (QED) is 0.419. The van der Waals surface area contributed by atoms with E-state index in [4.69, 9.17) is 14.1 Å². The van der Waals surface area contributed by atoms with Crippen molar-refractivity contribution in [2.75, 3.05) is 0 Å². The summed E-state index contributed by atoms with van der Waals surface area (Å²) in [7, 11) is -3.13. The third-order valence-corrected chi connectivity index (χ3v) is 0. The topological polar surface area (TPSA) is 57.5 Å². The van der Waals surface area contributed by atoms with Crippen molar-refractivity contribution in [3.63, 3.8) is 0 Å². The molecular weight excluding hydrogens is 236 g/mol. The Kier molecular flexibility index (Phi) is 26.8. The van der Waals surface area contributed by atoms with E-state index in [1.165, 1.54) is 0 Å². The van der Waals surface area contributed by atoms with E-state index in [1.54, 1.807) is 0 Å². The summed E-state index contributed by atoms with van der Waals surface area (Å²) in [6.45, 7) is 0. The van der Waals surface area contributed by atoms with E-state index in [1.807, 2.05) is 0 Å². The van der Waals surface area contributed by atoms with Crippen LogP contribution in [0.4, 0.5) is 0 Å². The third-order valence-electron chi connectivity index (χ3n) is 0. The Labute approximate surface area is 104 Å². The smallest absolute Gasteiger partial charge is 1.00 e. The molecule has 0 rings (SSSR count). The maximum absolute atomic E-state index is 8.74. The second kappa shape index (κ2) is 10.2. The fourth-order valence-corrected chi connectivity index (χ4v) is 0. The maximum Gasteiger partial charge on any atom is 2.00 e. The molecule has 0 spiro atoms. The van der Waals surface area contributed by atoms with Crippen LogP contribution >= 0.6 is 0 Å². The molecule has 0 saturated heterocycles. The predicted octanol–water partition coefficient (Wildman–Crippen LogP) is -4.65. The van der Waals surface area contributed by atoms with Gasteiger partial charge in [-0.1, -0.05) is 0 Å². The zero-order valence-electron chi connectivity index (χ0n) is 6.51. The van der Waals surface area contributed by atoms with Crippen LogP contribution in [0, 0.1) is 0 Å². The van der Waals surface area contributed by atoms with Crippen LogP contribution in [0.2, 0.25) is 0 Å². The van der Waals surface area contributed by atoms with Crippen molar-refractivity contribution < 1.29 is 47.9 Å². The summed E-state index contributed by atoms with van der Waals surface area (Å²) in [5, 5.41) is 0. The SMILES string of the molecule is O=[Si](O)O.[Ba+2].[H-].[H-].[H-].[Na+]. The van der Waals surface area contributed by atoms with Gasteiger partial charge >= 0.3 is 87.6 Å². The van der Waals surface area contributed by atoms with Crippen molar-refractivity contribution in [3.8, 4) is 0 Å². The van der Waals surface area contributed by atoms with Crippen LogP contribution in [0.1, 0.15) is 4.28 Å². The van der Waals surface area contributed by atoms with Crippen molar-refractivity contribution in [2.24, 2.45) is 0 Å². The predicted molar refractivity (Wildman–Crippen MR) is 20.0 cm³/mol. The molecule has 6 heavy (non-hydrogen) atoms. The molecule has 0 radical (unpaired) electrons. The molecule has 0 unspecified atom stereocenters. The minimum Gasteiger partial charge on any atom is -1.00 e. The van der Waals surface area contributed by atoms with Crippen molar-refractivity contribution in [2.45, 2.75) is 0 Å². The average Bonchev–Trinajstić information content (AvgIpc) is 0.811. The van der Waals surface area contributed by atoms with E-state index in [0.29, 0.717) is 0 Å². The number of hydrogen-bond donors (Lipinski definition) is 2. The third kappa shape index (κ3) is 34.8. The first-order valence-electron chi connectivity index (χ1n) is 0.651. The Morgan fingerprint density at radius 1 is 1.50 bits per heavy atom. The molecule has 0 fully saturated rings. The van der Waals surface area contributed by atoms with Crippen LogP contribution in [0.15, 0.2) is 0 Å². The van der Waals surface area contributed by atoms with Gasteiger partial charge in [-0.2, -0.15) is 0 Å². The molecule has 3 nitrogen and oxygen atoms in total. The molecular formula is H5BaNaO3Si. The molecule has 0 aromatic heterocycles. The zero-order chi connectivity index (χ0) is 3.58. The van der Waals surface area contributed by atoms with Gasteiger partial charge in [0.1, 0.15) is 0 Å². The van der Waals surface area contributed by atoms with Gasteiger partial charge in [0, 0.05) is 0 Å². The summed E-state index contributed by atoms with van der Waals surface area (Å²) in [6.07, 6.45) is 0. The van der Waals surface area contributed by atoms with Crippen LogP contribution in [0.25, 0.3) is 0 Å². The van der Waals surface area contributed by atoms with Crippen molar-refractivity contribution in [1.29, 1.82) is 0 Å². The average molecular weight is 241 g/mol. The van der Waals surface area contributed by atoms with E-state index in [9.17, 15) is 0 Å². The van der Waals surface area contributed by atoms with Crippen LogP contribution in [0.3, 0.4) is 0 Å². The Balaban J connectivity index is -0.00000000450. The molecule has 0 aliphatic rings. The standard InChI is InChI=1S/Ba.Na.H2O3Si.3H/c;;1-4(2)3;;;/h;;1-2H;;;/q+2;+1;;3*-1. The Hall–Kier alpha value is 2.19. The summed E-state index contributed by atoms with van der Waals surface area (Å²) in [5.41, 5.74) is 0. The second-order valence-electron chi connectivity index (χ2n) is 0.283. The van der Waals surface area contributed by atoms with Crippen molar-refractivity contribution in [1.82, 2.24) is 0 Å². The van der Waals surface area contributed by atoms with E-state index >= 15 is 0 Å². The number of hydrogen-bond acceptors (Lipinski definition) is 1. The van der Waals surface area contributed by atoms with E-state index in [-0.39, 0.29) is 82.7 Å². The van der Waals surface area contributed by atoms with Gasteiger partial charge < -0.3 is 13.9 Å². The first-order valence-corrected chi connectivity index (χ1v) is 1.95. The van der Waals surface area contributed by atoms with Crippen LogP contribution in [-0.2, 0) is 4.46 Å². The minimum absolute atomic E-state index is 0. The van der Waals surface area contributed by atoms with Crippen LogP contribution in [0.5, 0.6) is 0 Å². The molecule has 0 amide bonds. The monoisotopic (exact) mass is 242 g/mol. The van der Waals surface area contributed by atoms with E-state index in [0.717, 1.165) is 0 Å². The Bertz CT molecular complexity index is 42.0. The zero-order valence-corrected chi connectivity index (χ0v) is 11.0. The summed E-state index contributed by atoms with van der Waals surface area (Å²) in [5.74, 6) is 0. The largest absolute Gasteiger partial charge is 2.00 e. The van der Waals surface area contributed by atoms with Gasteiger partial charge in [0.05, 0.1) is 0 Å². The summed E-state index contributed by atoms with van der Waals surface area (Å²) >= 11 is 0. The Morgan fingerprint density at radius 2 is 1.50 bits per heavy atom. The fourth-order valence-electron chi connectivity index (χ4n) is 0. The minimum atomic E-state index is -3.13. The molecule has 0 atom stereocenters. The molecule has 0 aromatic rings. The summed E-state index contributed by atoms with van der Waals surface area (Å²) in [4.78, 5) is 14.3. The van der Waals surface area contributed by atoms with Gasteiger partial charge in [0.25, 0.3) is 0 Å². The van der Waals surface area contributed by atoms with Crippen molar-refractivity contribution >= 4 is 58.1 Å². The normalized spacial score (nSPS) is 4.00. The van der Waals surface area contributed by atoms with Gasteiger partial charge in [-0.05, 0) is 0 Å². The molecule has 2 N–H and O–H groups in total. The second-order valence-corrected chi connectivity index (χ2v) is 0.848. The van der Waals surface area contributed by atoms with Crippen LogP contribution < -0.4 is 29.6 Å². The van der Waals surface area contributed by atoms with Gasteiger partial charge in [0.15, 0.2) is 0 Å². The first kappa shape index (κ1) is 15.7. The summed E-state index contributed by atoms with van der Waals surface area (Å²) in [6, 6.07) is 0. The molecule has 30 valence electrons. The molecule has 6 heteroatoms. The molecule has 0 aromatic carbocycles.